The Balaban J connectivity index is 2.79. The third kappa shape index (κ3) is 3.24. The van der Waals surface area contributed by atoms with Gasteiger partial charge < -0.3 is 14.7 Å². The molecule has 4 nitrogen and oxygen atoms in total. The third-order valence-corrected chi connectivity index (χ3v) is 2.36. The summed E-state index contributed by atoms with van der Waals surface area (Å²) < 4.78 is 4.51. The van der Waals surface area contributed by atoms with Crippen LogP contribution < -0.4 is 4.90 Å². The molecule has 0 spiro atoms. The molecule has 1 aromatic carbocycles. The number of aliphatic hydroxyl groups excluding tert-OH is 1. The standard InChI is InChI=1S/C12H17NO3/c1-13(2)10-6-4-5-9(7-10)11(14)8-12(15)16-3/h4-7,11,14H,8H2,1-3H3. The maximum absolute atomic E-state index is 11.0. The van der Waals surface area contributed by atoms with Crippen molar-refractivity contribution < 1.29 is 14.6 Å². The quantitative estimate of drug-likeness (QED) is 0.783. The summed E-state index contributed by atoms with van der Waals surface area (Å²) in [7, 11) is 5.16. The molecule has 0 aromatic heterocycles. The second-order valence-corrected chi connectivity index (χ2v) is 3.79. The number of methoxy groups -OCH3 is 1. The smallest absolute Gasteiger partial charge is 0.308 e. The second kappa shape index (κ2) is 5.51. The molecular formula is C12H17NO3. The fourth-order valence-corrected chi connectivity index (χ4v) is 1.37. The van der Waals surface area contributed by atoms with Crippen LogP contribution in [-0.2, 0) is 9.53 Å². The zero-order valence-electron chi connectivity index (χ0n) is 9.80. The molecule has 0 amide bonds. The number of aliphatic hydroxyl groups is 1. The van der Waals surface area contributed by atoms with Gasteiger partial charge in [-0.3, -0.25) is 4.79 Å². The summed E-state index contributed by atoms with van der Waals surface area (Å²) in [6, 6.07) is 7.44. The summed E-state index contributed by atoms with van der Waals surface area (Å²) in [5.74, 6) is -0.414. The molecule has 1 atom stereocenters. The summed E-state index contributed by atoms with van der Waals surface area (Å²) in [6.07, 6.45) is -0.833. The number of carbonyl (C=O) groups excluding carboxylic acids is 1. The van der Waals surface area contributed by atoms with Crippen LogP contribution in [0.3, 0.4) is 0 Å². The average molecular weight is 223 g/mol. The van der Waals surface area contributed by atoms with Gasteiger partial charge in [-0.2, -0.15) is 0 Å². The van der Waals surface area contributed by atoms with Crippen molar-refractivity contribution in [2.24, 2.45) is 0 Å². The van der Waals surface area contributed by atoms with Gasteiger partial charge in [0.05, 0.1) is 19.6 Å². The van der Waals surface area contributed by atoms with Crippen LogP contribution in [-0.4, -0.2) is 32.3 Å². The van der Waals surface area contributed by atoms with E-state index in [0.717, 1.165) is 11.3 Å². The lowest BCUT2D eigenvalue weighted by Gasteiger charge is -2.15. The van der Waals surface area contributed by atoms with Crippen LogP contribution in [0.5, 0.6) is 0 Å². The third-order valence-electron chi connectivity index (χ3n) is 2.36. The summed E-state index contributed by atoms with van der Waals surface area (Å²) >= 11 is 0. The van der Waals surface area contributed by atoms with Crippen LogP contribution in [0.1, 0.15) is 18.1 Å². The van der Waals surface area contributed by atoms with E-state index in [1.807, 2.05) is 37.2 Å². The summed E-state index contributed by atoms with van der Waals surface area (Å²) in [5.41, 5.74) is 1.71. The molecule has 0 saturated carbocycles. The highest BCUT2D eigenvalue weighted by Gasteiger charge is 2.13. The molecule has 1 unspecified atom stereocenters. The largest absolute Gasteiger partial charge is 0.469 e. The Morgan fingerprint density at radius 1 is 1.50 bits per heavy atom. The lowest BCUT2D eigenvalue weighted by Crippen LogP contribution is -2.11. The average Bonchev–Trinajstić information content (AvgIpc) is 2.28. The van der Waals surface area contributed by atoms with Crippen molar-refractivity contribution in [2.75, 3.05) is 26.1 Å². The predicted molar refractivity (Wildman–Crippen MR) is 62.4 cm³/mol. The second-order valence-electron chi connectivity index (χ2n) is 3.79. The van der Waals surface area contributed by atoms with Crippen molar-refractivity contribution in [3.63, 3.8) is 0 Å². The molecule has 0 heterocycles. The Labute approximate surface area is 95.5 Å². The predicted octanol–water partition coefficient (Wildman–Crippen LogP) is 1.35. The van der Waals surface area contributed by atoms with E-state index in [1.165, 1.54) is 7.11 Å². The molecule has 88 valence electrons. The van der Waals surface area contributed by atoms with E-state index in [4.69, 9.17) is 0 Å². The molecule has 1 N–H and O–H groups in total. The highest BCUT2D eigenvalue weighted by atomic mass is 16.5. The molecular weight excluding hydrogens is 206 g/mol. The molecule has 16 heavy (non-hydrogen) atoms. The first-order valence-electron chi connectivity index (χ1n) is 5.06. The first kappa shape index (κ1) is 12.5. The Bertz CT molecular complexity index is 363. The van der Waals surface area contributed by atoms with Crippen LogP contribution >= 0.6 is 0 Å². The van der Waals surface area contributed by atoms with Gasteiger partial charge in [-0.05, 0) is 17.7 Å². The van der Waals surface area contributed by atoms with Crippen LogP contribution in [0.2, 0.25) is 0 Å². The van der Waals surface area contributed by atoms with Gasteiger partial charge in [-0.25, -0.2) is 0 Å². The minimum Gasteiger partial charge on any atom is -0.469 e. The number of hydrogen-bond acceptors (Lipinski definition) is 4. The zero-order chi connectivity index (χ0) is 12.1. The Hall–Kier alpha value is -1.55. The summed E-state index contributed by atoms with van der Waals surface area (Å²) in [4.78, 5) is 13.0. The van der Waals surface area contributed by atoms with E-state index < -0.39 is 12.1 Å². The SMILES string of the molecule is COC(=O)CC(O)c1cccc(N(C)C)c1. The maximum Gasteiger partial charge on any atom is 0.308 e. The van der Waals surface area contributed by atoms with Gasteiger partial charge in [0.15, 0.2) is 0 Å². The topological polar surface area (TPSA) is 49.8 Å². The van der Waals surface area contributed by atoms with E-state index in [9.17, 15) is 9.90 Å². The van der Waals surface area contributed by atoms with Crippen molar-refractivity contribution in [3.05, 3.63) is 29.8 Å². The molecule has 0 aliphatic heterocycles. The van der Waals surface area contributed by atoms with Crippen LogP contribution in [0.4, 0.5) is 5.69 Å². The molecule has 4 heteroatoms. The van der Waals surface area contributed by atoms with E-state index in [2.05, 4.69) is 4.74 Å². The Morgan fingerprint density at radius 3 is 2.75 bits per heavy atom. The van der Waals surface area contributed by atoms with Crippen molar-refractivity contribution in [1.82, 2.24) is 0 Å². The van der Waals surface area contributed by atoms with Crippen molar-refractivity contribution in [2.45, 2.75) is 12.5 Å². The fraction of sp³-hybridized carbons (Fsp3) is 0.417. The number of ether oxygens (including phenoxy) is 1. The van der Waals surface area contributed by atoms with Gasteiger partial charge in [0, 0.05) is 19.8 Å². The molecule has 1 rings (SSSR count). The minimum atomic E-state index is -0.813. The lowest BCUT2D eigenvalue weighted by molar-refractivity contribution is -0.142. The molecule has 0 saturated heterocycles. The molecule has 0 radical (unpaired) electrons. The van der Waals surface area contributed by atoms with Crippen molar-refractivity contribution >= 4 is 11.7 Å². The van der Waals surface area contributed by atoms with Crippen LogP contribution in [0, 0.1) is 0 Å². The maximum atomic E-state index is 11.0. The van der Waals surface area contributed by atoms with Crippen LogP contribution in [0.25, 0.3) is 0 Å². The highest BCUT2D eigenvalue weighted by molar-refractivity contribution is 5.70. The molecule has 1 aromatic rings. The Kier molecular flexibility index (Phi) is 4.31. The number of carbonyl (C=O) groups is 1. The van der Waals surface area contributed by atoms with Gasteiger partial charge in [0.1, 0.15) is 0 Å². The van der Waals surface area contributed by atoms with E-state index in [0.29, 0.717) is 0 Å². The lowest BCUT2D eigenvalue weighted by atomic mass is 10.1. The van der Waals surface area contributed by atoms with Crippen molar-refractivity contribution in [1.29, 1.82) is 0 Å². The highest BCUT2D eigenvalue weighted by Crippen LogP contribution is 2.21. The molecule has 0 aliphatic carbocycles. The van der Waals surface area contributed by atoms with E-state index >= 15 is 0 Å². The number of rotatable bonds is 4. The Morgan fingerprint density at radius 2 is 2.19 bits per heavy atom. The molecule has 0 aliphatic rings. The van der Waals surface area contributed by atoms with Gasteiger partial charge in [0.25, 0.3) is 0 Å². The number of nitrogens with zero attached hydrogens (tertiary/aromatic N) is 1. The molecule has 0 fully saturated rings. The van der Waals surface area contributed by atoms with Gasteiger partial charge >= 0.3 is 5.97 Å². The van der Waals surface area contributed by atoms with E-state index in [-0.39, 0.29) is 6.42 Å². The number of esters is 1. The summed E-state index contributed by atoms with van der Waals surface area (Å²) in [5, 5.41) is 9.81. The number of hydrogen-bond donors (Lipinski definition) is 1. The normalized spacial score (nSPS) is 12.0. The van der Waals surface area contributed by atoms with Crippen LogP contribution in [0.15, 0.2) is 24.3 Å². The molecule has 0 bridgehead atoms. The number of anilines is 1. The first-order valence-corrected chi connectivity index (χ1v) is 5.06. The zero-order valence-corrected chi connectivity index (χ0v) is 9.80. The van der Waals surface area contributed by atoms with Crippen molar-refractivity contribution in [3.8, 4) is 0 Å². The monoisotopic (exact) mass is 223 g/mol. The summed E-state index contributed by atoms with van der Waals surface area (Å²) in [6.45, 7) is 0. The first-order chi connectivity index (χ1) is 7.54. The van der Waals surface area contributed by atoms with Gasteiger partial charge in [-0.15, -0.1) is 0 Å². The van der Waals surface area contributed by atoms with E-state index in [1.54, 1.807) is 6.07 Å². The number of benzene rings is 1. The van der Waals surface area contributed by atoms with Gasteiger partial charge in [0.2, 0.25) is 0 Å². The minimum absolute atomic E-state index is 0.0205. The van der Waals surface area contributed by atoms with Gasteiger partial charge in [-0.1, -0.05) is 12.1 Å². The fourth-order valence-electron chi connectivity index (χ4n) is 1.37.